The zero-order valence-electron chi connectivity index (χ0n) is 10.5. The first kappa shape index (κ1) is 12.3. The molecule has 0 saturated carbocycles. The highest BCUT2D eigenvalue weighted by Crippen LogP contribution is 2.23. The standard InChI is InChI=1S/C15H16O3/c1-11-6-7-12(15(16)8-11)10-18-14-5-3-4-13(9-14)17-2/h3-9,16H,10H2,1-2H3. The van der Waals surface area contributed by atoms with Gasteiger partial charge in [-0.15, -0.1) is 0 Å². The van der Waals surface area contributed by atoms with E-state index < -0.39 is 0 Å². The Bertz CT molecular complexity index is 535. The van der Waals surface area contributed by atoms with Crippen molar-refractivity contribution in [3.63, 3.8) is 0 Å². The third-order valence-corrected chi connectivity index (χ3v) is 2.68. The minimum Gasteiger partial charge on any atom is -0.508 e. The number of ether oxygens (including phenoxy) is 2. The number of phenolic OH excluding ortho intramolecular Hbond substituents is 1. The van der Waals surface area contributed by atoms with Gasteiger partial charge in [-0.2, -0.15) is 0 Å². The average Bonchev–Trinajstić information content (AvgIpc) is 2.38. The lowest BCUT2D eigenvalue weighted by Crippen LogP contribution is -1.96. The summed E-state index contributed by atoms with van der Waals surface area (Å²) in [5.41, 5.74) is 1.79. The summed E-state index contributed by atoms with van der Waals surface area (Å²) in [4.78, 5) is 0. The Balaban J connectivity index is 2.06. The molecular formula is C15H16O3. The molecule has 0 aromatic heterocycles. The summed E-state index contributed by atoms with van der Waals surface area (Å²) in [6.45, 7) is 2.27. The quantitative estimate of drug-likeness (QED) is 0.897. The summed E-state index contributed by atoms with van der Waals surface area (Å²) >= 11 is 0. The van der Waals surface area contributed by atoms with Gasteiger partial charge in [-0.1, -0.05) is 18.2 Å². The molecule has 18 heavy (non-hydrogen) atoms. The Labute approximate surface area is 107 Å². The van der Waals surface area contributed by atoms with Crippen molar-refractivity contribution in [3.8, 4) is 17.2 Å². The molecule has 0 aliphatic carbocycles. The van der Waals surface area contributed by atoms with E-state index in [-0.39, 0.29) is 5.75 Å². The van der Waals surface area contributed by atoms with E-state index in [9.17, 15) is 5.11 Å². The lowest BCUT2D eigenvalue weighted by atomic mass is 10.1. The molecule has 0 heterocycles. The SMILES string of the molecule is COc1cccc(OCc2ccc(C)cc2O)c1. The highest BCUT2D eigenvalue weighted by Gasteiger charge is 2.03. The first-order chi connectivity index (χ1) is 8.69. The lowest BCUT2D eigenvalue weighted by molar-refractivity contribution is 0.297. The predicted molar refractivity (Wildman–Crippen MR) is 70.2 cm³/mol. The second-order valence-corrected chi connectivity index (χ2v) is 4.10. The normalized spacial score (nSPS) is 10.1. The molecule has 2 rings (SSSR count). The molecule has 3 heteroatoms. The average molecular weight is 244 g/mol. The van der Waals surface area contributed by atoms with Gasteiger partial charge in [0.25, 0.3) is 0 Å². The van der Waals surface area contributed by atoms with E-state index in [1.165, 1.54) is 0 Å². The van der Waals surface area contributed by atoms with Gasteiger partial charge in [0.15, 0.2) is 0 Å². The molecule has 0 spiro atoms. The van der Waals surface area contributed by atoms with Crippen LogP contribution < -0.4 is 9.47 Å². The number of phenols is 1. The molecule has 2 aromatic carbocycles. The number of methoxy groups -OCH3 is 1. The van der Waals surface area contributed by atoms with Crippen molar-refractivity contribution in [2.75, 3.05) is 7.11 Å². The number of hydrogen-bond donors (Lipinski definition) is 1. The van der Waals surface area contributed by atoms with Crippen LogP contribution in [0.4, 0.5) is 0 Å². The van der Waals surface area contributed by atoms with Gasteiger partial charge in [-0.25, -0.2) is 0 Å². The van der Waals surface area contributed by atoms with E-state index in [2.05, 4.69) is 0 Å². The minimum absolute atomic E-state index is 0.262. The van der Waals surface area contributed by atoms with Crippen molar-refractivity contribution in [1.82, 2.24) is 0 Å². The van der Waals surface area contributed by atoms with E-state index in [0.29, 0.717) is 12.4 Å². The van der Waals surface area contributed by atoms with Crippen molar-refractivity contribution in [3.05, 3.63) is 53.6 Å². The number of hydrogen-bond acceptors (Lipinski definition) is 3. The van der Waals surface area contributed by atoms with Crippen LogP contribution >= 0.6 is 0 Å². The minimum atomic E-state index is 0.262. The Kier molecular flexibility index (Phi) is 3.72. The van der Waals surface area contributed by atoms with Gasteiger partial charge in [-0.05, 0) is 30.7 Å². The summed E-state index contributed by atoms with van der Waals surface area (Å²) in [5, 5.41) is 9.77. The van der Waals surface area contributed by atoms with Crippen molar-refractivity contribution >= 4 is 0 Å². The fraction of sp³-hybridized carbons (Fsp3) is 0.200. The van der Waals surface area contributed by atoms with Crippen molar-refractivity contribution in [1.29, 1.82) is 0 Å². The molecule has 2 aromatic rings. The molecule has 0 aliphatic heterocycles. The molecule has 0 amide bonds. The van der Waals surface area contributed by atoms with Crippen LogP contribution in [0.5, 0.6) is 17.2 Å². The van der Waals surface area contributed by atoms with Gasteiger partial charge >= 0.3 is 0 Å². The van der Waals surface area contributed by atoms with Crippen LogP contribution in [0.25, 0.3) is 0 Å². The zero-order chi connectivity index (χ0) is 13.0. The third kappa shape index (κ3) is 2.94. The highest BCUT2D eigenvalue weighted by atomic mass is 16.5. The van der Waals surface area contributed by atoms with Crippen molar-refractivity contribution in [2.45, 2.75) is 13.5 Å². The molecule has 0 atom stereocenters. The Morgan fingerprint density at radius 2 is 1.83 bits per heavy atom. The Morgan fingerprint density at radius 1 is 1.06 bits per heavy atom. The first-order valence-corrected chi connectivity index (χ1v) is 5.74. The molecule has 0 saturated heterocycles. The van der Waals surface area contributed by atoms with Crippen LogP contribution in [-0.2, 0) is 6.61 Å². The number of benzene rings is 2. The monoisotopic (exact) mass is 244 g/mol. The summed E-state index contributed by atoms with van der Waals surface area (Å²) < 4.78 is 10.7. The van der Waals surface area contributed by atoms with Crippen LogP contribution in [0.3, 0.4) is 0 Å². The molecule has 1 N–H and O–H groups in total. The first-order valence-electron chi connectivity index (χ1n) is 5.74. The molecule has 0 fully saturated rings. The molecule has 94 valence electrons. The van der Waals surface area contributed by atoms with Crippen LogP contribution in [0.15, 0.2) is 42.5 Å². The van der Waals surface area contributed by atoms with Crippen LogP contribution in [0.2, 0.25) is 0 Å². The number of aryl methyl sites for hydroxylation is 1. The maximum Gasteiger partial charge on any atom is 0.123 e. The van der Waals surface area contributed by atoms with Gasteiger partial charge < -0.3 is 14.6 Å². The molecule has 0 unspecified atom stereocenters. The van der Waals surface area contributed by atoms with Crippen molar-refractivity contribution in [2.24, 2.45) is 0 Å². The van der Waals surface area contributed by atoms with E-state index >= 15 is 0 Å². The topological polar surface area (TPSA) is 38.7 Å². The van der Waals surface area contributed by atoms with E-state index in [4.69, 9.17) is 9.47 Å². The smallest absolute Gasteiger partial charge is 0.123 e. The maximum absolute atomic E-state index is 9.77. The van der Waals surface area contributed by atoms with Crippen molar-refractivity contribution < 1.29 is 14.6 Å². The molecule has 3 nitrogen and oxygen atoms in total. The fourth-order valence-corrected chi connectivity index (χ4v) is 1.65. The third-order valence-electron chi connectivity index (χ3n) is 2.68. The van der Waals surface area contributed by atoms with Crippen LogP contribution in [-0.4, -0.2) is 12.2 Å². The lowest BCUT2D eigenvalue weighted by Gasteiger charge is -2.09. The molecular weight excluding hydrogens is 228 g/mol. The largest absolute Gasteiger partial charge is 0.508 e. The number of rotatable bonds is 4. The molecule has 0 aliphatic rings. The Hall–Kier alpha value is -2.16. The molecule has 0 radical (unpaired) electrons. The maximum atomic E-state index is 9.77. The van der Waals surface area contributed by atoms with Gasteiger partial charge in [0.2, 0.25) is 0 Å². The molecule has 0 bridgehead atoms. The second-order valence-electron chi connectivity index (χ2n) is 4.10. The van der Waals surface area contributed by atoms with E-state index in [1.807, 2.05) is 43.3 Å². The summed E-state index contributed by atoms with van der Waals surface area (Å²) in [6.07, 6.45) is 0. The predicted octanol–water partition coefficient (Wildman–Crippen LogP) is 3.29. The van der Waals surface area contributed by atoms with Crippen LogP contribution in [0.1, 0.15) is 11.1 Å². The van der Waals surface area contributed by atoms with E-state index in [0.717, 1.165) is 16.9 Å². The van der Waals surface area contributed by atoms with Gasteiger partial charge in [-0.3, -0.25) is 0 Å². The van der Waals surface area contributed by atoms with Gasteiger partial charge in [0, 0.05) is 11.6 Å². The summed E-state index contributed by atoms with van der Waals surface area (Å²) in [6, 6.07) is 12.9. The van der Waals surface area contributed by atoms with E-state index in [1.54, 1.807) is 13.2 Å². The second kappa shape index (κ2) is 5.45. The zero-order valence-corrected chi connectivity index (χ0v) is 10.5. The summed E-state index contributed by atoms with van der Waals surface area (Å²) in [5.74, 6) is 1.73. The number of aromatic hydroxyl groups is 1. The summed E-state index contributed by atoms with van der Waals surface area (Å²) in [7, 11) is 1.62. The fourth-order valence-electron chi connectivity index (χ4n) is 1.65. The Morgan fingerprint density at radius 3 is 2.56 bits per heavy atom. The van der Waals surface area contributed by atoms with Crippen LogP contribution in [0, 0.1) is 6.92 Å². The van der Waals surface area contributed by atoms with Gasteiger partial charge in [0.1, 0.15) is 23.9 Å². The highest BCUT2D eigenvalue weighted by molar-refractivity contribution is 5.37. The van der Waals surface area contributed by atoms with Gasteiger partial charge in [0.05, 0.1) is 7.11 Å².